The Morgan fingerprint density at radius 1 is 1.07 bits per heavy atom. The van der Waals surface area contributed by atoms with Crippen molar-refractivity contribution in [3.05, 3.63) is 53.1 Å². The van der Waals surface area contributed by atoms with Crippen LogP contribution in [0.15, 0.2) is 52.2 Å². The first kappa shape index (κ1) is 18.4. The molecule has 4 aromatic rings. The zero-order chi connectivity index (χ0) is 20.2. The van der Waals surface area contributed by atoms with Gasteiger partial charge in [0.15, 0.2) is 11.6 Å². The van der Waals surface area contributed by atoms with Gasteiger partial charge in [-0.15, -0.1) is 0 Å². The van der Waals surface area contributed by atoms with Crippen LogP contribution in [-0.2, 0) is 0 Å². The second kappa shape index (κ2) is 7.98. The third-order valence-electron chi connectivity index (χ3n) is 3.83. The van der Waals surface area contributed by atoms with Crippen LogP contribution in [0.1, 0.15) is 5.56 Å². The predicted octanol–water partition coefficient (Wildman–Crippen LogP) is 3.57. The molecule has 0 amide bonds. The van der Waals surface area contributed by atoms with E-state index in [0.29, 0.717) is 16.4 Å². The zero-order valence-corrected chi connectivity index (χ0v) is 15.8. The van der Waals surface area contributed by atoms with Gasteiger partial charge in [0.05, 0.1) is 13.3 Å². The molecule has 0 radical (unpaired) electrons. The fraction of sp³-hybridized carbons (Fsp3) is 0.0556. The zero-order valence-electron chi connectivity index (χ0n) is 15.0. The molecule has 3 N–H and O–H groups in total. The number of phenolic OH excluding ortho intramolecular Hbond substituents is 1. The molecular formula is C18H14ClN7O3. The van der Waals surface area contributed by atoms with Crippen molar-refractivity contribution in [3.8, 4) is 11.5 Å². The summed E-state index contributed by atoms with van der Waals surface area (Å²) in [5, 5.41) is 25.0. The molecule has 10 nitrogen and oxygen atoms in total. The van der Waals surface area contributed by atoms with Gasteiger partial charge in [-0.1, -0.05) is 11.6 Å². The number of methoxy groups -OCH3 is 1. The van der Waals surface area contributed by atoms with E-state index in [4.69, 9.17) is 16.3 Å². The number of anilines is 3. The van der Waals surface area contributed by atoms with E-state index in [-0.39, 0.29) is 22.9 Å². The van der Waals surface area contributed by atoms with Crippen LogP contribution in [-0.4, -0.2) is 38.7 Å². The minimum Gasteiger partial charge on any atom is -0.507 e. The Bertz CT molecular complexity index is 1180. The SMILES string of the molecule is COc1ccc(Nc2nc3nonc3nc2N/N=C/c2cc(Cl)ccc2O)cc1. The maximum Gasteiger partial charge on any atom is 0.245 e. The van der Waals surface area contributed by atoms with E-state index in [1.165, 1.54) is 12.3 Å². The fourth-order valence-electron chi connectivity index (χ4n) is 2.41. The van der Waals surface area contributed by atoms with Crippen molar-refractivity contribution in [2.24, 2.45) is 5.10 Å². The number of hydrogen-bond donors (Lipinski definition) is 3. The molecule has 0 aliphatic carbocycles. The van der Waals surface area contributed by atoms with E-state index < -0.39 is 0 Å². The normalized spacial score (nSPS) is 11.1. The van der Waals surface area contributed by atoms with Gasteiger partial charge in [-0.2, -0.15) is 10.1 Å². The first-order chi connectivity index (χ1) is 14.1. The van der Waals surface area contributed by atoms with Crippen LogP contribution < -0.4 is 15.5 Å². The van der Waals surface area contributed by atoms with E-state index >= 15 is 0 Å². The van der Waals surface area contributed by atoms with Gasteiger partial charge in [-0.3, -0.25) is 5.43 Å². The lowest BCUT2D eigenvalue weighted by Crippen LogP contribution is -2.03. The van der Waals surface area contributed by atoms with Crippen LogP contribution in [0.5, 0.6) is 11.5 Å². The van der Waals surface area contributed by atoms with Gasteiger partial charge in [0.25, 0.3) is 0 Å². The average Bonchev–Trinajstić information content (AvgIpc) is 3.18. The van der Waals surface area contributed by atoms with Crippen molar-refractivity contribution in [1.82, 2.24) is 20.3 Å². The molecule has 0 aliphatic heterocycles. The van der Waals surface area contributed by atoms with Gasteiger partial charge >= 0.3 is 0 Å². The van der Waals surface area contributed by atoms with Gasteiger partial charge in [0.1, 0.15) is 11.5 Å². The van der Waals surface area contributed by atoms with E-state index in [9.17, 15) is 5.11 Å². The molecule has 4 rings (SSSR count). The summed E-state index contributed by atoms with van der Waals surface area (Å²) < 4.78 is 9.83. The van der Waals surface area contributed by atoms with Crippen LogP contribution in [0, 0.1) is 0 Å². The minimum atomic E-state index is 0.0405. The number of fused-ring (bicyclic) bond motifs is 1. The molecule has 29 heavy (non-hydrogen) atoms. The van der Waals surface area contributed by atoms with Gasteiger partial charge in [0.2, 0.25) is 11.3 Å². The van der Waals surface area contributed by atoms with Gasteiger partial charge in [0, 0.05) is 16.3 Å². The summed E-state index contributed by atoms with van der Waals surface area (Å²) in [6, 6.07) is 11.9. The molecule has 0 atom stereocenters. The van der Waals surface area contributed by atoms with Crippen molar-refractivity contribution in [2.75, 3.05) is 17.9 Å². The second-order valence-electron chi connectivity index (χ2n) is 5.76. The minimum absolute atomic E-state index is 0.0405. The molecule has 146 valence electrons. The van der Waals surface area contributed by atoms with Crippen LogP contribution >= 0.6 is 11.6 Å². The van der Waals surface area contributed by atoms with Crippen molar-refractivity contribution in [2.45, 2.75) is 0 Å². The molecule has 0 fully saturated rings. The number of hydrogen-bond acceptors (Lipinski definition) is 10. The number of rotatable bonds is 6. The first-order valence-corrected chi connectivity index (χ1v) is 8.69. The quantitative estimate of drug-likeness (QED) is 0.322. The van der Waals surface area contributed by atoms with Crippen molar-refractivity contribution in [1.29, 1.82) is 0 Å². The molecule has 2 aromatic heterocycles. The highest BCUT2D eigenvalue weighted by Gasteiger charge is 2.13. The molecule has 2 aromatic carbocycles. The number of aromatic hydroxyl groups is 1. The van der Waals surface area contributed by atoms with Gasteiger partial charge in [-0.05, 0) is 52.8 Å². The lowest BCUT2D eigenvalue weighted by atomic mass is 10.2. The lowest BCUT2D eigenvalue weighted by Gasteiger charge is -2.10. The maximum atomic E-state index is 9.88. The first-order valence-electron chi connectivity index (χ1n) is 8.31. The number of ether oxygens (including phenoxy) is 1. The highest BCUT2D eigenvalue weighted by atomic mass is 35.5. The van der Waals surface area contributed by atoms with Crippen molar-refractivity contribution < 1.29 is 14.5 Å². The molecule has 0 saturated carbocycles. The van der Waals surface area contributed by atoms with Crippen molar-refractivity contribution in [3.63, 3.8) is 0 Å². The predicted molar refractivity (Wildman–Crippen MR) is 108 cm³/mol. The van der Waals surface area contributed by atoms with Crippen molar-refractivity contribution >= 4 is 46.4 Å². The van der Waals surface area contributed by atoms with Crippen LogP contribution in [0.4, 0.5) is 17.3 Å². The highest BCUT2D eigenvalue weighted by molar-refractivity contribution is 6.30. The standard InChI is InChI=1S/C18H14ClN7O3/c1-28-13-5-3-12(4-6-13)21-15-16(23-18-17(22-15)25-29-26-18)24-20-9-10-8-11(19)2-7-14(10)27/h2-9,27H,1H3,(H,21,22,25)(H,23,24,26)/b20-9+. The summed E-state index contributed by atoms with van der Waals surface area (Å²) in [7, 11) is 1.59. The Morgan fingerprint density at radius 2 is 1.79 bits per heavy atom. The van der Waals surface area contributed by atoms with Crippen LogP contribution in [0.3, 0.4) is 0 Å². The third kappa shape index (κ3) is 4.17. The van der Waals surface area contributed by atoms with Gasteiger partial charge in [-0.25, -0.2) is 9.61 Å². The lowest BCUT2D eigenvalue weighted by molar-refractivity contribution is 0.314. The number of benzene rings is 2. The Balaban J connectivity index is 1.62. The summed E-state index contributed by atoms with van der Waals surface area (Å²) in [6.07, 6.45) is 1.41. The number of aromatic nitrogens is 4. The topological polar surface area (TPSA) is 131 Å². The Morgan fingerprint density at radius 3 is 2.52 bits per heavy atom. The molecule has 0 spiro atoms. The number of hydrazone groups is 1. The third-order valence-corrected chi connectivity index (χ3v) is 4.07. The number of halogens is 1. The van der Waals surface area contributed by atoms with E-state index in [0.717, 1.165) is 11.4 Å². The Kier molecular flexibility index (Phi) is 5.08. The summed E-state index contributed by atoms with van der Waals surface area (Å²) >= 11 is 5.94. The molecule has 0 saturated heterocycles. The summed E-state index contributed by atoms with van der Waals surface area (Å²) in [4.78, 5) is 8.66. The molecule has 11 heteroatoms. The summed E-state index contributed by atoms with van der Waals surface area (Å²) in [6.45, 7) is 0. The number of nitrogens with zero attached hydrogens (tertiary/aromatic N) is 5. The van der Waals surface area contributed by atoms with E-state index in [2.05, 4.69) is 40.8 Å². The average molecular weight is 412 g/mol. The summed E-state index contributed by atoms with van der Waals surface area (Å²) in [5.41, 5.74) is 4.42. The second-order valence-corrected chi connectivity index (χ2v) is 6.20. The van der Waals surface area contributed by atoms with E-state index in [1.807, 2.05) is 12.1 Å². The molecular weight excluding hydrogens is 398 g/mol. The number of nitrogens with one attached hydrogen (secondary N) is 2. The monoisotopic (exact) mass is 411 g/mol. The fourth-order valence-corrected chi connectivity index (χ4v) is 2.59. The largest absolute Gasteiger partial charge is 0.507 e. The Hall–Kier alpha value is -3.92. The highest BCUT2D eigenvalue weighted by Crippen LogP contribution is 2.25. The van der Waals surface area contributed by atoms with E-state index in [1.54, 1.807) is 31.4 Å². The Labute approximate surface area is 169 Å². The van der Waals surface area contributed by atoms with Gasteiger partial charge < -0.3 is 15.2 Å². The smallest absolute Gasteiger partial charge is 0.245 e. The van der Waals surface area contributed by atoms with Crippen LogP contribution in [0.2, 0.25) is 5.02 Å². The molecule has 0 unspecified atom stereocenters. The van der Waals surface area contributed by atoms with Crippen LogP contribution in [0.25, 0.3) is 11.3 Å². The summed E-state index contributed by atoms with van der Waals surface area (Å²) in [5.74, 6) is 1.40. The molecule has 2 heterocycles. The maximum absolute atomic E-state index is 9.88. The molecule has 0 bridgehead atoms. The molecule has 0 aliphatic rings. The number of phenols is 1.